The van der Waals surface area contributed by atoms with Crippen LogP contribution in [0.5, 0.6) is 5.75 Å². The van der Waals surface area contributed by atoms with Gasteiger partial charge < -0.3 is 15.7 Å². The number of fused-ring (bicyclic) bond motifs is 1. The Morgan fingerprint density at radius 3 is 2.46 bits per heavy atom. The summed E-state index contributed by atoms with van der Waals surface area (Å²) >= 11 is 0. The highest BCUT2D eigenvalue weighted by atomic mass is 32.2. The average molecular weight is 524 g/mol. The minimum Gasteiger partial charge on any atom is -0.505 e. The summed E-state index contributed by atoms with van der Waals surface area (Å²) in [6.07, 6.45) is 0.674. The molecule has 0 aliphatic carbocycles. The number of rotatable bonds is 7. The zero-order valence-electron chi connectivity index (χ0n) is 21.0. The number of hydrogen-bond acceptors (Lipinski definition) is 7. The Balaban J connectivity index is 1.74. The highest BCUT2D eigenvalue weighted by Crippen LogP contribution is 2.33. The van der Waals surface area contributed by atoms with Crippen LogP contribution < -0.4 is 16.2 Å². The van der Waals surface area contributed by atoms with E-state index in [0.717, 1.165) is 0 Å². The van der Waals surface area contributed by atoms with Crippen molar-refractivity contribution in [1.82, 2.24) is 9.78 Å². The maximum absolute atomic E-state index is 13.3. The maximum atomic E-state index is 13.3. The third-order valence-electron chi connectivity index (χ3n) is 5.88. The number of hydrogen-bond donors (Lipinski definition) is 3. The van der Waals surface area contributed by atoms with Gasteiger partial charge in [0.1, 0.15) is 16.2 Å². The van der Waals surface area contributed by atoms with Gasteiger partial charge in [0.2, 0.25) is 0 Å². The van der Waals surface area contributed by atoms with Gasteiger partial charge >= 0.3 is 0 Å². The van der Waals surface area contributed by atoms with Crippen molar-refractivity contribution in [3.05, 3.63) is 75.7 Å². The molecule has 194 valence electrons. The van der Waals surface area contributed by atoms with Crippen molar-refractivity contribution in [3.63, 3.8) is 0 Å². The molecule has 11 heteroatoms. The van der Waals surface area contributed by atoms with Crippen LogP contribution in [0.25, 0.3) is 0 Å². The van der Waals surface area contributed by atoms with E-state index in [1.165, 1.54) is 22.9 Å². The zero-order valence-corrected chi connectivity index (χ0v) is 21.8. The predicted octanol–water partition coefficient (Wildman–Crippen LogP) is 3.93. The molecule has 1 aliphatic rings. The first-order valence-corrected chi connectivity index (χ1v) is 13.4. The molecule has 0 atom stereocenters. The number of nitrogens with one attached hydrogen (secondary N) is 2. The number of anilines is 2. The van der Waals surface area contributed by atoms with Gasteiger partial charge in [0.15, 0.2) is 11.6 Å². The van der Waals surface area contributed by atoms with Crippen LogP contribution in [0.1, 0.15) is 61.6 Å². The maximum Gasteiger partial charge on any atom is 0.286 e. The third kappa shape index (κ3) is 5.41. The molecule has 3 N–H and O–H groups in total. The molecule has 0 unspecified atom stereocenters. The molecule has 0 saturated heterocycles. The Kier molecular flexibility index (Phi) is 7.17. The van der Waals surface area contributed by atoms with Crippen LogP contribution in [0.15, 0.2) is 62.6 Å². The molecule has 2 heterocycles. The van der Waals surface area contributed by atoms with Crippen molar-refractivity contribution in [2.45, 2.75) is 51.5 Å². The fourth-order valence-corrected chi connectivity index (χ4v) is 5.00. The molecule has 0 bridgehead atoms. The van der Waals surface area contributed by atoms with Crippen LogP contribution in [0, 0.1) is 5.92 Å². The van der Waals surface area contributed by atoms with Crippen molar-refractivity contribution < 1.29 is 18.3 Å². The molecular weight excluding hydrogens is 494 g/mol. The summed E-state index contributed by atoms with van der Waals surface area (Å²) in [5.41, 5.74) is 0.228. The number of aromatic nitrogens is 2. The van der Waals surface area contributed by atoms with Gasteiger partial charge in [-0.15, -0.1) is 4.40 Å². The van der Waals surface area contributed by atoms with Gasteiger partial charge in [-0.25, -0.2) is 4.68 Å². The van der Waals surface area contributed by atoms with Crippen LogP contribution in [0.2, 0.25) is 0 Å². The van der Waals surface area contributed by atoms with Gasteiger partial charge in [-0.1, -0.05) is 45.9 Å². The van der Waals surface area contributed by atoms with Gasteiger partial charge in [-0.2, -0.15) is 13.5 Å². The lowest BCUT2D eigenvalue weighted by molar-refractivity contribution is 0.102. The number of carbonyl (C=O) groups is 1. The standard InChI is InChI=1S/C26H29N5O5S/c1-15(2)12-13-31-26(34)21(23(32)22(29-31)16(3)4)24-28-19-11-10-18(14-20(19)37(35,36)30-24)27-25(33)17-8-6-5-7-9-17/h5-11,14-16,32H,12-13H2,1-4H3,(H,27,33)(H,28,30). The molecule has 0 saturated carbocycles. The molecule has 4 rings (SSSR count). The summed E-state index contributed by atoms with van der Waals surface area (Å²) in [5.74, 6) is -0.997. The number of sulfonamides is 1. The van der Waals surface area contributed by atoms with Gasteiger partial charge in [-0.3, -0.25) is 9.59 Å². The van der Waals surface area contributed by atoms with Crippen LogP contribution in [-0.4, -0.2) is 35.0 Å². The Morgan fingerprint density at radius 1 is 1.11 bits per heavy atom. The van der Waals surface area contributed by atoms with Crippen molar-refractivity contribution >= 4 is 33.1 Å². The highest BCUT2D eigenvalue weighted by Gasteiger charge is 2.31. The van der Waals surface area contributed by atoms with E-state index in [2.05, 4.69) is 20.1 Å². The Bertz CT molecular complexity index is 1540. The second kappa shape index (κ2) is 10.2. The van der Waals surface area contributed by atoms with Crippen molar-refractivity contribution in [2.75, 3.05) is 10.6 Å². The Morgan fingerprint density at radius 2 is 1.81 bits per heavy atom. The third-order valence-corrected chi connectivity index (χ3v) is 7.19. The number of carbonyl (C=O) groups excluding carboxylic acids is 1. The average Bonchev–Trinajstić information content (AvgIpc) is 2.84. The van der Waals surface area contributed by atoms with Gasteiger partial charge in [0.25, 0.3) is 21.5 Å². The lowest BCUT2D eigenvalue weighted by Crippen LogP contribution is -2.35. The fourth-order valence-electron chi connectivity index (χ4n) is 3.85. The van der Waals surface area contributed by atoms with Gasteiger partial charge in [-0.05, 0) is 42.7 Å². The summed E-state index contributed by atoms with van der Waals surface area (Å²) in [6, 6.07) is 12.8. The van der Waals surface area contributed by atoms with E-state index in [1.54, 1.807) is 30.3 Å². The smallest absolute Gasteiger partial charge is 0.286 e. The van der Waals surface area contributed by atoms with E-state index >= 15 is 0 Å². The van der Waals surface area contributed by atoms with Crippen molar-refractivity contribution in [3.8, 4) is 5.75 Å². The van der Waals surface area contributed by atoms with Crippen LogP contribution in [0.3, 0.4) is 0 Å². The number of benzene rings is 2. The number of aromatic hydroxyl groups is 1. The normalized spacial score (nSPS) is 14.2. The van der Waals surface area contributed by atoms with Gasteiger partial charge in [0, 0.05) is 23.7 Å². The fraction of sp³-hybridized carbons (Fsp3) is 0.308. The first-order chi connectivity index (χ1) is 17.5. The number of aryl methyl sites for hydroxylation is 1. The molecule has 0 fully saturated rings. The number of amides is 1. The highest BCUT2D eigenvalue weighted by molar-refractivity contribution is 7.90. The molecule has 37 heavy (non-hydrogen) atoms. The van der Waals surface area contributed by atoms with E-state index in [1.807, 2.05) is 27.7 Å². The molecule has 0 spiro atoms. The molecule has 1 amide bonds. The van der Waals surface area contributed by atoms with E-state index in [0.29, 0.717) is 24.4 Å². The van der Waals surface area contributed by atoms with Gasteiger partial charge in [0.05, 0.1) is 5.69 Å². The second-order valence-corrected chi connectivity index (χ2v) is 11.1. The molecule has 10 nitrogen and oxygen atoms in total. The molecular formula is C26H29N5O5S. The summed E-state index contributed by atoms with van der Waals surface area (Å²) in [5, 5.41) is 20.8. The first-order valence-electron chi connectivity index (χ1n) is 11.9. The molecule has 1 aliphatic heterocycles. The summed E-state index contributed by atoms with van der Waals surface area (Å²) in [7, 11) is -4.27. The summed E-state index contributed by atoms with van der Waals surface area (Å²) in [6.45, 7) is 7.97. The number of amidine groups is 1. The zero-order chi connectivity index (χ0) is 26.9. The van der Waals surface area contributed by atoms with Crippen LogP contribution in [0.4, 0.5) is 11.4 Å². The van der Waals surface area contributed by atoms with Crippen LogP contribution in [-0.2, 0) is 16.6 Å². The van der Waals surface area contributed by atoms with Crippen molar-refractivity contribution in [2.24, 2.45) is 10.3 Å². The largest absolute Gasteiger partial charge is 0.505 e. The monoisotopic (exact) mass is 523 g/mol. The van der Waals surface area contributed by atoms with E-state index < -0.39 is 27.2 Å². The SMILES string of the molecule is CC(C)CCn1nc(C(C)C)c(O)c(C2=NS(=O)(=O)c3cc(NC(=O)c4ccccc4)ccc3N2)c1=O. The molecule has 1 aromatic heterocycles. The van der Waals surface area contributed by atoms with E-state index in [9.17, 15) is 23.1 Å². The number of nitrogens with zero attached hydrogens (tertiary/aromatic N) is 3. The summed E-state index contributed by atoms with van der Waals surface area (Å²) in [4.78, 5) is 25.6. The lowest BCUT2D eigenvalue weighted by Gasteiger charge is -2.21. The Labute approximate surface area is 215 Å². The molecule has 3 aromatic rings. The molecule has 0 radical (unpaired) electrons. The quantitative estimate of drug-likeness (QED) is 0.426. The van der Waals surface area contributed by atoms with E-state index in [-0.39, 0.29) is 39.3 Å². The van der Waals surface area contributed by atoms with Crippen LogP contribution >= 0.6 is 0 Å². The first kappa shape index (κ1) is 26.1. The topological polar surface area (TPSA) is 143 Å². The van der Waals surface area contributed by atoms with Crippen molar-refractivity contribution in [1.29, 1.82) is 0 Å². The minimum absolute atomic E-state index is 0.165. The van der Waals surface area contributed by atoms with E-state index in [4.69, 9.17) is 0 Å². The molecule has 2 aromatic carbocycles. The second-order valence-electron chi connectivity index (χ2n) is 9.55. The predicted molar refractivity (Wildman–Crippen MR) is 142 cm³/mol. The Hall–Kier alpha value is -3.99. The summed E-state index contributed by atoms with van der Waals surface area (Å²) < 4.78 is 31.4. The minimum atomic E-state index is -4.27. The lowest BCUT2D eigenvalue weighted by atomic mass is 10.1.